The normalized spacial score (nSPS) is 16.7. The molecule has 1 unspecified atom stereocenters. The van der Waals surface area contributed by atoms with Gasteiger partial charge in [-0.3, -0.25) is 9.69 Å². The average Bonchev–Trinajstić information content (AvgIpc) is 2.66. The minimum atomic E-state index is -0.535. The van der Waals surface area contributed by atoms with Crippen molar-refractivity contribution < 1.29 is 9.53 Å². The van der Waals surface area contributed by atoms with Crippen molar-refractivity contribution in [1.82, 2.24) is 10.2 Å². The molecule has 0 radical (unpaired) electrons. The summed E-state index contributed by atoms with van der Waals surface area (Å²) in [6.45, 7) is 6.66. The molecule has 5 heteroatoms. The molecule has 0 saturated carbocycles. The molecule has 0 spiro atoms. The van der Waals surface area contributed by atoms with Crippen molar-refractivity contribution in [2.24, 2.45) is 0 Å². The monoisotopic (exact) mass is 386 g/mol. The minimum absolute atomic E-state index is 0.0640. The Kier molecular flexibility index (Phi) is 6.75. The molecular weight excluding hydrogens is 360 g/mol. The van der Waals surface area contributed by atoms with Gasteiger partial charge in [0.05, 0.1) is 0 Å². The van der Waals surface area contributed by atoms with Crippen molar-refractivity contribution in [2.45, 2.75) is 45.4 Å². The van der Waals surface area contributed by atoms with E-state index >= 15 is 0 Å². The SMILES string of the molecule is Cc1cc(Cl)ccc1OC(C)C(=O)NC1CCN(Cc2ccccc2)CC1. The van der Waals surface area contributed by atoms with Gasteiger partial charge in [0.1, 0.15) is 5.75 Å². The summed E-state index contributed by atoms with van der Waals surface area (Å²) < 4.78 is 5.82. The Balaban J connectivity index is 1.44. The van der Waals surface area contributed by atoms with Crippen LogP contribution in [-0.2, 0) is 11.3 Å². The molecule has 1 fully saturated rings. The molecule has 1 aliphatic rings. The van der Waals surface area contributed by atoms with Gasteiger partial charge < -0.3 is 10.1 Å². The summed E-state index contributed by atoms with van der Waals surface area (Å²) in [4.78, 5) is 14.9. The van der Waals surface area contributed by atoms with E-state index in [9.17, 15) is 4.79 Å². The second-order valence-corrected chi connectivity index (χ2v) is 7.65. The molecule has 2 aromatic rings. The summed E-state index contributed by atoms with van der Waals surface area (Å²) in [6, 6.07) is 16.1. The van der Waals surface area contributed by atoms with Crippen molar-refractivity contribution in [1.29, 1.82) is 0 Å². The van der Waals surface area contributed by atoms with Crippen LogP contribution in [0.25, 0.3) is 0 Å². The van der Waals surface area contributed by atoms with Crippen molar-refractivity contribution >= 4 is 17.5 Å². The lowest BCUT2D eigenvalue weighted by atomic mass is 10.0. The van der Waals surface area contributed by atoms with Crippen LogP contribution in [0, 0.1) is 6.92 Å². The fourth-order valence-electron chi connectivity index (χ4n) is 3.38. The molecule has 0 aliphatic carbocycles. The quantitative estimate of drug-likeness (QED) is 0.809. The van der Waals surface area contributed by atoms with E-state index in [1.807, 2.05) is 25.1 Å². The summed E-state index contributed by atoms with van der Waals surface area (Å²) >= 11 is 5.97. The van der Waals surface area contributed by atoms with Gasteiger partial charge in [0.25, 0.3) is 5.91 Å². The Morgan fingerprint density at radius 2 is 1.93 bits per heavy atom. The fraction of sp³-hybridized carbons (Fsp3) is 0.409. The van der Waals surface area contributed by atoms with Gasteiger partial charge >= 0.3 is 0 Å². The van der Waals surface area contributed by atoms with Crippen molar-refractivity contribution in [3.63, 3.8) is 0 Å². The predicted octanol–water partition coefficient (Wildman–Crippen LogP) is 4.20. The highest BCUT2D eigenvalue weighted by Gasteiger charge is 2.23. The third kappa shape index (κ3) is 5.72. The Labute approximate surface area is 166 Å². The van der Waals surface area contributed by atoms with Crippen molar-refractivity contribution in [2.75, 3.05) is 13.1 Å². The zero-order valence-corrected chi connectivity index (χ0v) is 16.7. The maximum atomic E-state index is 12.5. The largest absolute Gasteiger partial charge is 0.481 e. The van der Waals surface area contributed by atoms with Crippen LogP contribution in [0.4, 0.5) is 0 Å². The molecule has 1 aliphatic heterocycles. The van der Waals surface area contributed by atoms with Crippen LogP contribution in [0.15, 0.2) is 48.5 Å². The third-order valence-corrected chi connectivity index (χ3v) is 5.23. The lowest BCUT2D eigenvalue weighted by Crippen LogP contribution is -2.47. The number of carbonyl (C=O) groups is 1. The molecule has 4 nitrogen and oxygen atoms in total. The molecule has 1 amide bonds. The van der Waals surface area contributed by atoms with Gasteiger partial charge in [0, 0.05) is 30.7 Å². The van der Waals surface area contributed by atoms with Crippen LogP contribution in [0.5, 0.6) is 5.75 Å². The van der Waals surface area contributed by atoms with Crippen LogP contribution in [0.3, 0.4) is 0 Å². The van der Waals surface area contributed by atoms with Gasteiger partial charge in [-0.25, -0.2) is 0 Å². The van der Waals surface area contributed by atoms with Crippen LogP contribution in [0.2, 0.25) is 5.02 Å². The molecule has 2 aromatic carbocycles. The fourth-order valence-corrected chi connectivity index (χ4v) is 3.61. The molecule has 144 valence electrons. The highest BCUT2D eigenvalue weighted by molar-refractivity contribution is 6.30. The molecule has 1 heterocycles. The Hall–Kier alpha value is -2.04. The van der Waals surface area contributed by atoms with Crippen LogP contribution >= 0.6 is 11.6 Å². The highest BCUT2D eigenvalue weighted by atomic mass is 35.5. The number of hydrogen-bond donors (Lipinski definition) is 1. The number of rotatable bonds is 6. The van der Waals surface area contributed by atoms with E-state index < -0.39 is 6.10 Å². The van der Waals surface area contributed by atoms with E-state index in [1.54, 1.807) is 13.0 Å². The van der Waals surface area contributed by atoms with Crippen LogP contribution < -0.4 is 10.1 Å². The maximum Gasteiger partial charge on any atom is 0.260 e. The smallest absolute Gasteiger partial charge is 0.260 e. The number of piperidine rings is 1. The number of nitrogens with zero attached hydrogens (tertiary/aromatic N) is 1. The maximum absolute atomic E-state index is 12.5. The van der Waals surface area contributed by atoms with Crippen molar-refractivity contribution in [3.05, 3.63) is 64.7 Å². The minimum Gasteiger partial charge on any atom is -0.481 e. The summed E-state index contributed by atoms with van der Waals surface area (Å²) in [5, 5.41) is 3.80. The van der Waals surface area contributed by atoms with Gasteiger partial charge in [0.2, 0.25) is 0 Å². The number of carbonyl (C=O) groups excluding carboxylic acids is 1. The molecule has 27 heavy (non-hydrogen) atoms. The standard InChI is InChI=1S/C22H27ClN2O2/c1-16-14-19(23)8-9-21(16)27-17(2)22(26)24-20-10-12-25(13-11-20)15-18-6-4-3-5-7-18/h3-9,14,17,20H,10-13,15H2,1-2H3,(H,24,26). The van der Waals surface area contributed by atoms with Crippen LogP contribution in [0.1, 0.15) is 30.9 Å². The second kappa shape index (κ2) is 9.25. The number of benzene rings is 2. The number of hydrogen-bond acceptors (Lipinski definition) is 3. The summed E-state index contributed by atoms with van der Waals surface area (Å²) in [6.07, 6.45) is 1.39. The summed E-state index contributed by atoms with van der Waals surface area (Å²) in [7, 11) is 0. The van der Waals surface area contributed by atoms with Gasteiger partial charge in [-0.15, -0.1) is 0 Å². The Morgan fingerprint density at radius 3 is 2.59 bits per heavy atom. The highest BCUT2D eigenvalue weighted by Crippen LogP contribution is 2.23. The number of aryl methyl sites for hydroxylation is 1. The second-order valence-electron chi connectivity index (χ2n) is 7.21. The number of likely N-dealkylation sites (tertiary alicyclic amines) is 1. The van der Waals surface area contributed by atoms with E-state index in [4.69, 9.17) is 16.3 Å². The molecule has 1 atom stereocenters. The first-order valence-corrected chi connectivity index (χ1v) is 9.88. The molecule has 0 bridgehead atoms. The summed E-state index contributed by atoms with van der Waals surface area (Å²) in [5.41, 5.74) is 2.26. The number of ether oxygens (including phenoxy) is 1. The van der Waals surface area contributed by atoms with E-state index in [1.165, 1.54) is 5.56 Å². The van der Waals surface area contributed by atoms with E-state index in [0.29, 0.717) is 10.8 Å². The number of amides is 1. The van der Waals surface area contributed by atoms with Gasteiger partial charge in [-0.1, -0.05) is 41.9 Å². The third-order valence-electron chi connectivity index (χ3n) is 4.99. The van der Waals surface area contributed by atoms with E-state index in [-0.39, 0.29) is 11.9 Å². The zero-order valence-electron chi connectivity index (χ0n) is 16.0. The first-order valence-electron chi connectivity index (χ1n) is 9.51. The Bertz CT molecular complexity index is 758. The molecule has 0 aromatic heterocycles. The average molecular weight is 387 g/mol. The van der Waals surface area contributed by atoms with Crippen molar-refractivity contribution in [3.8, 4) is 5.75 Å². The zero-order chi connectivity index (χ0) is 19.2. The molecule has 3 rings (SSSR count). The van der Waals surface area contributed by atoms with Gasteiger partial charge in [-0.2, -0.15) is 0 Å². The molecule has 1 saturated heterocycles. The number of halogens is 1. The lowest BCUT2D eigenvalue weighted by Gasteiger charge is -2.33. The number of nitrogens with one attached hydrogen (secondary N) is 1. The van der Waals surface area contributed by atoms with Gasteiger partial charge in [0.15, 0.2) is 6.10 Å². The topological polar surface area (TPSA) is 41.6 Å². The molecule has 1 N–H and O–H groups in total. The van der Waals surface area contributed by atoms with Gasteiger partial charge in [-0.05, 0) is 56.0 Å². The first-order chi connectivity index (χ1) is 13.0. The van der Waals surface area contributed by atoms with E-state index in [2.05, 4.69) is 34.5 Å². The Morgan fingerprint density at radius 1 is 1.22 bits per heavy atom. The van der Waals surface area contributed by atoms with E-state index in [0.717, 1.165) is 38.0 Å². The lowest BCUT2D eigenvalue weighted by molar-refractivity contribution is -0.128. The first kappa shape index (κ1) is 19.7. The summed E-state index contributed by atoms with van der Waals surface area (Å²) in [5.74, 6) is 0.630. The predicted molar refractivity (Wildman–Crippen MR) is 109 cm³/mol. The molecular formula is C22H27ClN2O2. The van der Waals surface area contributed by atoms with Crippen LogP contribution in [-0.4, -0.2) is 36.0 Å².